The van der Waals surface area contributed by atoms with Gasteiger partial charge in [0, 0.05) is 31.6 Å². The molecule has 0 aromatic carbocycles. The first kappa shape index (κ1) is 16.0. The normalized spacial score (nSPS) is 15.1. The van der Waals surface area contributed by atoms with E-state index in [0.717, 1.165) is 43.7 Å². The Morgan fingerprint density at radius 3 is 2.67 bits per heavy atom. The molecular weight excluding hydrogens is 288 g/mol. The first-order chi connectivity index (χ1) is 10.1. The standard InChI is InChI=1S/C15H23ClN4O/c1-3-12-14(16)18-11(2)19-15(12)17-8-7-13(21)20-9-5-4-6-10-20/h3-10H2,1-2H3,(H,17,18,19). The van der Waals surface area contributed by atoms with E-state index in [1.165, 1.54) is 6.42 Å². The van der Waals surface area contributed by atoms with Crippen molar-refractivity contribution >= 4 is 23.3 Å². The van der Waals surface area contributed by atoms with Crippen LogP contribution in [0.15, 0.2) is 0 Å². The van der Waals surface area contributed by atoms with E-state index in [-0.39, 0.29) is 5.91 Å². The second-order valence-electron chi connectivity index (χ2n) is 5.36. The van der Waals surface area contributed by atoms with Gasteiger partial charge in [0.25, 0.3) is 0 Å². The zero-order valence-corrected chi connectivity index (χ0v) is 13.5. The van der Waals surface area contributed by atoms with Gasteiger partial charge in [0.2, 0.25) is 5.91 Å². The lowest BCUT2D eigenvalue weighted by atomic mass is 10.1. The number of carbonyl (C=O) groups excluding carboxylic acids is 1. The number of aromatic nitrogens is 2. The van der Waals surface area contributed by atoms with E-state index in [1.807, 2.05) is 18.7 Å². The first-order valence-corrected chi connectivity index (χ1v) is 8.04. The highest BCUT2D eigenvalue weighted by Gasteiger charge is 2.16. The van der Waals surface area contributed by atoms with Crippen LogP contribution in [0.25, 0.3) is 0 Å². The van der Waals surface area contributed by atoms with Crippen LogP contribution in [0.1, 0.15) is 44.0 Å². The lowest BCUT2D eigenvalue weighted by Gasteiger charge is -2.26. The van der Waals surface area contributed by atoms with Crippen molar-refractivity contribution in [1.82, 2.24) is 14.9 Å². The van der Waals surface area contributed by atoms with Crippen molar-refractivity contribution in [2.45, 2.75) is 46.0 Å². The summed E-state index contributed by atoms with van der Waals surface area (Å²) in [5.74, 6) is 1.61. The van der Waals surface area contributed by atoms with Gasteiger partial charge in [0.15, 0.2) is 0 Å². The van der Waals surface area contributed by atoms with E-state index < -0.39 is 0 Å². The molecule has 21 heavy (non-hydrogen) atoms. The number of hydrogen-bond donors (Lipinski definition) is 1. The molecule has 1 saturated heterocycles. The van der Waals surface area contributed by atoms with Gasteiger partial charge < -0.3 is 10.2 Å². The Balaban J connectivity index is 1.89. The van der Waals surface area contributed by atoms with Crippen molar-refractivity contribution in [3.63, 3.8) is 0 Å². The maximum Gasteiger partial charge on any atom is 0.224 e. The number of nitrogens with zero attached hydrogens (tertiary/aromatic N) is 3. The molecule has 1 amide bonds. The van der Waals surface area contributed by atoms with Crippen LogP contribution in [0.4, 0.5) is 5.82 Å². The fourth-order valence-electron chi connectivity index (χ4n) is 2.61. The first-order valence-electron chi connectivity index (χ1n) is 7.66. The third-order valence-corrected chi connectivity index (χ3v) is 4.07. The van der Waals surface area contributed by atoms with Crippen LogP contribution in [-0.4, -0.2) is 40.4 Å². The smallest absolute Gasteiger partial charge is 0.224 e. The maximum absolute atomic E-state index is 12.1. The Kier molecular flexibility index (Phi) is 5.79. The molecule has 1 N–H and O–H groups in total. The van der Waals surface area contributed by atoms with Gasteiger partial charge in [-0.15, -0.1) is 0 Å². The molecule has 2 rings (SSSR count). The minimum absolute atomic E-state index is 0.220. The minimum Gasteiger partial charge on any atom is -0.369 e. The fraction of sp³-hybridized carbons (Fsp3) is 0.667. The number of carbonyl (C=O) groups is 1. The summed E-state index contributed by atoms with van der Waals surface area (Å²) >= 11 is 6.13. The largest absolute Gasteiger partial charge is 0.369 e. The van der Waals surface area contributed by atoms with E-state index in [4.69, 9.17) is 11.6 Å². The SMILES string of the molecule is CCc1c(Cl)nc(C)nc1NCCC(=O)N1CCCCC1. The number of aryl methyl sites for hydroxylation is 1. The molecule has 6 heteroatoms. The predicted octanol–water partition coefficient (Wildman–Crippen LogP) is 2.82. The van der Waals surface area contributed by atoms with Gasteiger partial charge in [-0.2, -0.15) is 0 Å². The van der Waals surface area contributed by atoms with E-state index >= 15 is 0 Å². The number of anilines is 1. The molecule has 0 radical (unpaired) electrons. The number of nitrogens with one attached hydrogen (secondary N) is 1. The van der Waals surface area contributed by atoms with E-state index in [2.05, 4.69) is 15.3 Å². The number of hydrogen-bond acceptors (Lipinski definition) is 4. The molecule has 0 saturated carbocycles. The zero-order chi connectivity index (χ0) is 15.2. The quantitative estimate of drug-likeness (QED) is 0.850. The average Bonchev–Trinajstić information content (AvgIpc) is 2.47. The lowest BCUT2D eigenvalue weighted by Crippen LogP contribution is -2.36. The van der Waals surface area contributed by atoms with Crippen molar-refractivity contribution in [1.29, 1.82) is 0 Å². The number of likely N-dealkylation sites (tertiary alicyclic amines) is 1. The third-order valence-electron chi connectivity index (χ3n) is 3.76. The molecule has 0 bridgehead atoms. The molecule has 0 spiro atoms. The van der Waals surface area contributed by atoms with Crippen molar-refractivity contribution in [2.75, 3.05) is 25.0 Å². The summed E-state index contributed by atoms with van der Waals surface area (Å²) in [6.45, 7) is 6.21. The van der Waals surface area contributed by atoms with Crippen LogP contribution in [0.3, 0.4) is 0 Å². The highest BCUT2D eigenvalue weighted by atomic mass is 35.5. The summed E-state index contributed by atoms with van der Waals surface area (Å²) in [5.41, 5.74) is 0.910. The molecule has 1 fully saturated rings. The third kappa shape index (κ3) is 4.30. The van der Waals surface area contributed by atoms with Gasteiger partial charge in [-0.25, -0.2) is 9.97 Å². The minimum atomic E-state index is 0.220. The molecule has 0 aliphatic carbocycles. The van der Waals surface area contributed by atoms with Gasteiger partial charge in [0.1, 0.15) is 16.8 Å². The molecule has 0 atom stereocenters. The molecule has 1 aromatic heterocycles. The van der Waals surface area contributed by atoms with Crippen LogP contribution in [0, 0.1) is 6.92 Å². The molecule has 1 aliphatic rings. The number of rotatable bonds is 5. The van der Waals surface area contributed by atoms with Crippen LogP contribution in [-0.2, 0) is 11.2 Å². The van der Waals surface area contributed by atoms with Crippen LogP contribution in [0.2, 0.25) is 5.15 Å². The van der Waals surface area contributed by atoms with Gasteiger partial charge in [-0.05, 0) is 32.6 Å². The predicted molar refractivity (Wildman–Crippen MR) is 84.7 cm³/mol. The Morgan fingerprint density at radius 1 is 1.29 bits per heavy atom. The highest BCUT2D eigenvalue weighted by Crippen LogP contribution is 2.21. The van der Waals surface area contributed by atoms with Crippen LogP contribution in [0.5, 0.6) is 0 Å². The Bertz CT molecular complexity index is 501. The van der Waals surface area contributed by atoms with E-state index in [9.17, 15) is 4.79 Å². The second kappa shape index (κ2) is 7.59. The highest BCUT2D eigenvalue weighted by molar-refractivity contribution is 6.30. The van der Waals surface area contributed by atoms with Gasteiger partial charge >= 0.3 is 0 Å². The maximum atomic E-state index is 12.1. The summed E-state index contributed by atoms with van der Waals surface area (Å²) in [4.78, 5) is 22.6. The average molecular weight is 311 g/mol. The second-order valence-corrected chi connectivity index (χ2v) is 5.72. The monoisotopic (exact) mass is 310 g/mol. The van der Waals surface area contributed by atoms with Crippen molar-refractivity contribution < 1.29 is 4.79 Å². The molecular formula is C15H23ClN4O. The molecule has 116 valence electrons. The number of halogens is 1. The molecule has 1 aromatic rings. The summed E-state index contributed by atoms with van der Waals surface area (Å²) in [6, 6.07) is 0. The molecule has 5 nitrogen and oxygen atoms in total. The summed E-state index contributed by atoms with van der Waals surface area (Å²) in [6.07, 6.45) is 4.74. The molecule has 2 heterocycles. The van der Waals surface area contributed by atoms with Crippen LogP contribution >= 0.6 is 11.6 Å². The lowest BCUT2D eigenvalue weighted by molar-refractivity contribution is -0.131. The zero-order valence-electron chi connectivity index (χ0n) is 12.8. The Morgan fingerprint density at radius 2 is 2.00 bits per heavy atom. The topological polar surface area (TPSA) is 58.1 Å². The Labute approximate surface area is 131 Å². The number of amides is 1. The van der Waals surface area contributed by atoms with Gasteiger partial charge in [0.05, 0.1) is 0 Å². The fourth-order valence-corrected chi connectivity index (χ4v) is 2.96. The molecule has 1 aliphatic heterocycles. The van der Waals surface area contributed by atoms with Crippen molar-refractivity contribution in [3.8, 4) is 0 Å². The van der Waals surface area contributed by atoms with E-state index in [1.54, 1.807) is 0 Å². The van der Waals surface area contributed by atoms with Gasteiger partial charge in [-0.3, -0.25) is 4.79 Å². The molecule has 0 unspecified atom stereocenters. The summed E-state index contributed by atoms with van der Waals surface area (Å²) in [7, 11) is 0. The van der Waals surface area contributed by atoms with Crippen molar-refractivity contribution in [2.24, 2.45) is 0 Å². The van der Waals surface area contributed by atoms with Gasteiger partial charge in [-0.1, -0.05) is 18.5 Å². The van der Waals surface area contributed by atoms with Crippen LogP contribution < -0.4 is 5.32 Å². The summed E-state index contributed by atoms with van der Waals surface area (Å²) in [5, 5.41) is 3.73. The Hall–Kier alpha value is -1.36. The summed E-state index contributed by atoms with van der Waals surface area (Å²) < 4.78 is 0. The number of piperidine rings is 1. The van der Waals surface area contributed by atoms with Crippen molar-refractivity contribution in [3.05, 3.63) is 16.5 Å². The van der Waals surface area contributed by atoms with E-state index in [0.29, 0.717) is 23.9 Å².